The van der Waals surface area contributed by atoms with Crippen molar-refractivity contribution in [2.75, 3.05) is 0 Å². The Morgan fingerprint density at radius 3 is 2.74 bits per heavy atom. The van der Waals surface area contributed by atoms with Crippen molar-refractivity contribution in [3.8, 4) is 5.88 Å². The van der Waals surface area contributed by atoms with Crippen LogP contribution in [0.4, 0.5) is 0 Å². The van der Waals surface area contributed by atoms with Gasteiger partial charge in [-0.05, 0) is 18.6 Å². The Hall–Kier alpha value is -2.80. The number of benzene rings is 1. The van der Waals surface area contributed by atoms with Crippen molar-refractivity contribution in [3.05, 3.63) is 62.0 Å². The normalized spacial score (nSPS) is 11.0. The number of fused-ring (bicyclic) bond motifs is 1. The number of hydrogen-bond acceptors (Lipinski definition) is 4. The van der Waals surface area contributed by atoms with Crippen molar-refractivity contribution in [1.29, 1.82) is 0 Å². The summed E-state index contributed by atoms with van der Waals surface area (Å²) in [5.41, 5.74) is 0.124. The quantitative estimate of drug-likeness (QED) is 0.679. The summed E-state index contributed by atoms with van der Waals surface area (Å²) in [4.78, 5) is 26.0. The molecule has 0 aliphatic rings. The summed E-state index contributed by atoms with van der Waals surface area (Å²) in [6.07, 6.45) is 0.0953. The third-order valence-corrected chi connectivity index (χ3v) is 3.94. The average Bonchev–Trinajstić information content (AvgIpc) is 2.81. The zero-order chi connectivity index (χ0) is 16.7. The molecular weight excluding hydrogens is 322 g/mol. The Balaban J connectivity index is 2.22. The van der Waals surface area contributed by atoms with E-state index >= 15 is 0 Å². The Morgan fingerprint density at radius 1 is 1.39 bits per heavy atom. The number of carboxylic acids is 1. The van der Waals surface area contributed by atoms with Crippen LogP contribution in [0.1, 0.15) is 27.2 Å². The van der Waals surface area contributed by atoms with Crippen LogP contribution in [0.5, 0.6) is 5.88 Å². The first-order chi connectivity index (χ1) is 10.9. The fraction of sp³-hybridized carbons (Fsp3) is 0.133. The number of nitrogens with one attached hydrogen (secondary N) is 1. The maximum Gasteiger partial charge on any atom is 0.341 e. The van der Waals surface area contributed by atoms with Crippen molar-refractivity contribution >= 4 is 23.2 Å². The second-order valence-electron chi connectivity index (χ2n) is 5.05. The predicted molar refractivity (Wildman–Crippen MR) is 83.4 cm³/mol. The summed E-state index contributed by atoms with van der Waals surface area (Å²) < 4.78 is 1.02. The van der Waals surface area contributed by atoms with E-state index in [1.807, 2.05) is 0 Å². The van der Waals surface area contributed by atoms with E-state index in [1.165, 1.54) is 6.92 Å². The number of hydrogen-bond donors (Lipinski definition) is 3. The highest BCUT2D eigenvalue weighted by Gasteiger charge is 2.22. The fourth-order valence-electron chi connectivity index (χ4n) is 2.46. The van der Waals surface area contributed by atoms with E-state index in [9.17, 15) is 19.8 Å². The first-order valence-electron chi connectivity index (χ1n) is 6.70. The minimum atomic E-state index is -1.23. The van der Waals surface area contributed by atoms with Crippen LogP contribution >= 0.6 is 11.6 Å². The Bertz CT molecular complexity index is 990. The smallest absolute Gasteiger partial charge is 0.341 e. The number of rotatable bonds is 3. The monoisotopic (exact) mass is 333 g/mol. The molecular formula is C15H12ClN3O4. The number of H-pyrrole nitrogens is 1. The number of carbonyl (C=O) groups is 1. The van der Waals surface area contributed by atoms with Gasteiger partial charge in [-0.2, -0.15) is 9.61 Å². The first-order valence-corrected chi connectivity index (χ1v) is 7.08. The van der Waals surface area contributed by atoms with E-state index in [1.54, 1.807) is 24.3 Å². The molecule has 2 heterocycles. The second-order valence-corrected chi connectivity index (χ2v) is 5.46. The number of aromatic amines is 1. The molecule has 0 saturated carbocycles. The van der Waals surface area contributed by atoms with Crippen molar-refractivity contribution < 1.29 is 15.0 Å². The largest absolute Gasteiger partial charge is 0.493 e. The van der Waals surface area contributed by atoms with Crippen molar-refractivity contribution in [3.63, 3.8) is 0 Å². The van der Waals surface area contributed by atoms with E-state index in [0.29, 0.717) is 10.6 Å². The Kier molecular flexibility index (Phi) is 3.57. The zero-order valence-corrected chi connectivity index (χ0v) is 12.8. The molecule has 0 unspecified atom stereocenters. The molecule has 3 aromatic rings. The van der Waals surface area contributed by atoms with Crippen LogP contribution in [-0.4, -0.2) is 30.8 Å². The minimum Gasteiger partial charge on any atom is -0.493 e. The van der Waals surface area contributed by atoms with Crippen LogP contribution in [-0.2, 0) is 6.42 Å². The lowest BCUT2D eigenvalue weighted by Gasteiger charge is -2.07. The van der Waals surface area contributed by atoms with Crippen LogP contribution in [0.15, 0.2) is 29.1 Å². The SMILES string of the molecule is Cc1nn2c(O)c(Cc3ccccc3Cl)c(=O)[nH]c2c1C(=O)O. The molecule has 2 aromatic heterocycles. The van der Waals surface area contributed by atoms with Gasteiger partial charge in [0.05, 0.1) is 11.3 Å². The van der Waals surface area contributed by atoms with E-state index in [0.717, 1.165) is 4.52 Å². The highest BCUT2D eigenvalue weighted by atomic mass is 35.5. The van der Waals surface area contributed by atoms with E-state index < -0.39 is 17.4 Å². The van der Waals surface area contributed by atoms with Gasteiger partial charge >= 0.3 is 5.97 Å². The maximum atomic E-state index is 12.3. The second kappa shape index (κ2) is 5.44. The van der Waals surface area contributed by atoms with Gasteiger partial charge < -0.3 is 15.2 Å². The molecule has 0 bridgehead atoms. The van der Waals surface area contributed by atoms with Crippen molar-refractivity contribution in [1.82, 2.24) is 14.6 Å². The third kappa shape index (κ3) is 2.44. The zero-order valence-electron chi connectivity index (χ0n) is 12.0. The molecule has 0 amide bonds. The molecule has 3 rings (SSSR count). The maximum absolute atomic E-state index is 12.3. The van der Waals surface area contributed by atoms with Gasteiger partial charge in [-0.15, -0.1) is 0 Å². The van der Waals surface area contributed by atoms with E-state index in [4.69, 9.17) is 11.6 Å². The number of carboxylic acid groups (broad SMARTS) is 1. The lowest BCUT2D eigenvalue weighted by Crippen LogP contribution is -2.17. The standard InChI is InChI=1S/C15H12ClN3O4/c1-7-11(15(22)23)12-17-13(20)9(14(21)19(12)18-7)6-8-4-2-3-5-10(8)16/h2-5,21H,6H2,1H3,(H,17,20)(H,22,23). The minimum absolute atomic E-state index is 0.0552. The van der Waals surface area contributed by atoms with Gasteiger partial charge in [0.25, 0.3) is 5.56 Å². The molecule has 0 saturated heterocycles. The number of aryl methyl sites for hydroxylation is 1. The fourth-order valence-corrected chi connectivity index (χ4v) is 2.66. The Morgan fingerprint density at radius 2 is 2.09 bits per heavy atom. The van der Waals surface area contributed by atoms with Crippen LogP contribution in [0, 0.1) is 6.92 Å². The molecule has 0 fully saturated rings. The van der Waals surface area contributed by atoms with Gasteiger partial charge in [-0.3, -0.25) is 4.79 Å². The molecule has 0 atom stereocenters. The van der Waals surface area contributed by atoms with Gasteiger partial charge in [-0.1, -0.05) is 29.8 Å². The van der Waals surface area contributed by atoms with Crippen LogP contribution in [0.25, 0.3) is 5.65 Å². The number of aromatic nitrogens is 3. The highest BCUT2D eigenvalue weighted by Crippen LogP contribution is 2.24. The Labute approximate surface area is 134 Å². The van der Waals surface area contributed by atoms with Crippen LogP contribution < -0.4 is 5.56 Å². The molecule has 7 nitrogen and oxygen atoms in total. The van der Waals surface area contributed by atoms with E-state index in [-0.39, 0.29) is 28.9 Å². The van der Waals surface area contributed by atoms with Gasteiger partial charge in [0, 0.05) is 11.4 Å². The van der Waals surface area contributed by atoms with Gasteiger partial charge in [-0.25, -0.2) is 4.79 Å². The molecule has 0 aliphatic carbocycles. The summed E-state index contributed by atoms with van der Waals surface area (Å²) >= 11 is 6.07. The van der Waals surface area contributed by atoms with Crippen molar-refractivity contribution in [2.24, 2.45) is 0 Å². The summed E-state index contributed by atoms with van der Waals surface area (Å²) in [6, 6.07) is 6.95. The van der Waals surface area contributed by atoms with E-state index in [2.05, 4.69) is 10.1 Å². The number of nitrogens with zero attached hydrogens (tertiary/aromatic N) is 2. The molecule has 0 spiro atoms. The molecule has 3 N–H and O–H groups in total. The predicted octanol–water partition coefficient (Wildman–Crippen LogP) is 1.98. The first kappa shape index (κ1) is 15.1. The molecule has 8 heteroatoms. The molecule has 23 heavy (non-hydrogen) atoms. The van der Waals surface area contributed by atoms with Gasteiger partial charge in [0.1, 0.15) is 5.56 Å². The summed E-state index contributed by atoms with van der Waals surface area (Å²) in [5, 5.41) is 24.0. The topological polar surface area (TPSA) is 108 Å². The molecule has 1 aromatic carbocycles. The number of halogens is 1. The molecule has 0 aliphatic heterocycles. The lowest BCUT2D eigenvalue weighted by atomic mass is 10.1. The number of aromatic hydroxyl groups is 1. The summed E-state index contributed by atoms with van der Waals surface area (Å²) in [5.74, 6) is -1.63. The molecule has 118 valence electrons. The van der Waals surface area contributed by atoms with Gasteiger partial charge in [0.2, 0.25) is 5.88 Å². The molecule has 0 radical (unpaired) electrons. The van der Waals surface area contributed by atoms with Crippen molar-refractivity contribution in [2.45, 2.75) is 13.3 Å². The summed E-state index contributed by atoms with van der Waals surface area (Å²) in [7, 11) is 0. The van der Waals surface area contributed by atoms with Gasteiger partial charge in [0.15, 0.2) is 5.65 Å². The lowest BCUT2D eigenvalue weighted by molar-refractivity contribution is 0.0698. The average molecular weight is 334 g/mol. The number of aromatic carboxylic acids is 1. The van der Waals surface area contributed by atoms with Crippen LogP contribution in [0.2, 0.25) is 5.02 Å². The highest BCUT2D eigenvalue weighted by molar-refractivity contribution is 6.31. The summed E-state index contributed by atoms with van der Waals surface area (Å²) in [6.45, 7) is 1.49. The van der Waals surface area contributed by atoms with Crippen LogP contribution in [0.3, 0.4) is 0 Å². The third-order valence-electron chi connectivity index (χ3n) is 3.58.